The van der Waals surface area contributed by atoms with E-state index >= 15 is 0 Å². The second-order valence-corrected chi connectivity index (χ2v) is 3.41. The summed E-state index contributed by atoms with van der Waals surface area (Å²) >= 11 is 5.36. The Labute approximate surface area is 75.6 Å². The average molecular weight is 182 g/mol. The van der Waals surface area contributed by atoms with Crippen LogP contribution in [0.25, 0.3) is 0 Å². The Bertz CT molecular complexity index is 299. The van der Waals surface area contributed by atoms with Gasteiger partial charge in [-0.15, -0.1) is 0 Å². The fourth-order valence-corrected chi connectivity index (χ4v) is 1.65. The molecule has 0 aromatic carbocycles. The Balaban J connectivity index is 2.11. The highest BCUT2D eigenvalue weighted by molar-refractivity contribution is 6.64. The predicted octanol–water partition coefficient (Wildman–Crippen LogP) is 1.95. The molecular formula is C9H8ClNO. The Morgan fingerprint density at radius 1 is 1.67 bits per heavy atom. The number of aromatic nitrogens is 1. The third-order valence-corrected chi connectivity index (χ3v) is 2.47. The fourth-order valence-electron chi connectivity index (χ4n) is 1.41. The summed E-state index contributed by atoms with van der Waals surface area (Å²) in [5, 5.41) is -0.219. The third-order valence-electron chi connectivity index (χ3n) is 2.19. The van der Waals surface area contributed by atoms with Gasteiger partial charge in [-0.2, -0.15) is 0 Å². The SMILES string of the molecule is O=C(Cl)[C@H]1CC1c1cccnc1. The van der Waals surface area contributed by atoms with Gasteiger partial charge in [0.15, 0.2) is 0 Å². The van der Waals surface area contributed by atoms with Crippen LogP contribution >= 0.6 is 11.6 Å². The Hall–Kier alpha value is -0.890. The second kappa shape index (κ2) is 2.87. The van der Waals surface area contributed by atoms with E-state index in [0.29, 0.717) is 5.92 Å². The number of carbonyl (C=O) groups is 1. The highest BCUT2D eigenvalue weighted by atomic mass is 35.5. The molecule has 0 amide bonds. The number of hydrogen-bond donors (Lipinski definition) is 0. The Morgan fingerprint density at radius 3 is 3.00 bits per heavy atom. The number of nitrogens with zero attached hydrogens (tertiary/aromatic N) is 1. The van der Waals surface area contributed by atoms with Gasteiger partial charge >= 0.3 is 0 Å². The molecule has 0 saturated heterocycles. The van der Waals surface area contributed by atoms with Gasteiger partial charge in [0.25, 0.3) is 0 Å². The first-order valence-electron chi connectivity index (χ1n) is 3.88. The quantitative estimate of drug-likeness (QED) is 0.653. The molecule has 1 aliphatic carbocycles. The van der Waals surface area contributed by atoms with Crippen molar-refractivity contribution in [3.8, 4) is 0 Å². The van der Waals surface area contributed by atoms with E-state index in [1.165, 1.54) is 0 Å². The summed E-state index contributed by atoms with van der Waals surface area (Å²) in [4.78, 5) is 14.7. The molecule has 0 spiro atoms. The zero-order chi connectivity index (χ0) is 8.55. The van der Waals surface area contributed by atoms with Crippen molar-refractivity contribution in [3.05, 3.63) is 30.1 Å². The highest BCUT2D eigenvalue weighted by Gasteiger charge is 2.43. The standard InChI is InChI=1S/C9H8ClNO/c10-9(12)8-4-7(8)6-2-1-3-11-5-6/h1-3,5,7-8H,4H2/t7?,8-/m0/s1. The monoisotopic (exact) mass is 181 g/mol. The molecule has 1 aromatic rings. The van der Waals surface area contributed by atoms with Crippen LogP contribution in [-0.4, -0.2) is 10.2 Å². The second-order valence-electron chi connectivity index (χ2n) is 3.04. The molecule has 0 aliphatic heterocycles. The van der Waals surface area contributed by atoms with Gasteiger partial charge in [-0.25, -0.2) is 0 Å². The van der Waals surface area contributed by atoms with Crippen molar-refractivity contribution in [2.24, 2.45) is 5.92 Å². The van der Waals surface area contributed by atoms with Gasteiger partial charge in [-0.1, -0.05) is 6.07 Å². The molecule has 0 N–H and O–H groups in total. The molecule has 0 bridgehead atoms. The molecule has 0 radical (unpaired) electrons. The molecule has 62 valence electrons. The van der Waals surface area contributed by atoms with Gasteiger partial charge in [0, 0.05) is 18.3 Å². The predicted molar refractivity (Wildman–Crippen MR) is 45.9 cm³/mol. The van der Waals surface area contributed by atoms with Gasteiger partial charge < -0.3 is 0 Å². The Kier molecular flexibility index (Phi) is 1.85. The van der Waals surface area contributed by atoms with Crippen molar-refractivity contribution in [1.82, 2.24) is 4.98 Å². The lowest BCUT2D eigenvalue weighted by atomic mass is 10.1. The van der Waals surface area contributed by atoms with Crippen LogP contribution in [0.3, 0.4) is 0 Å². The van der Waals surface area contributed by atoms with Gasteiger partial charge in [-0.05, 0) is 35.6 Å². The maximum absolute atomic E-state index is 10.7. The van der Waals surface area contributed by atoms with Crippen LogP contribution in [0.4, 0.5) is 0 Å². The van der Waals surface area contributed by atoms with Crippen molar-refractivity contribution in [2.75, 3.05) is 0 Å². The first kappa shape index (κ1) is 7.74. The lowest BCUT2D eigenvalue weighted by molar-refractivity contribution is -0.112. The van der Waals surface area contributed by atoms with E-state index in [0.717, 1.165) is 12.0 Å². The topological polar surface area (TPSA) is 30.0 Å². The van der Waals surface area contributed by atoms with Gasteiger partial charge in [-0.3, -0.25) is 9.78 Å². The van der Waals surface area contributed by atoms with E-state index in [4.69, 9.17) is 11.6 Å². The third kappa shape index (κ3) is 1.34. The van der Waals surface area contributed by atoms with Crippen LogP contribution in [0.1, 0.15) is 17.9 Å². The van der Waals surface area contributed by atoms with E-state index in [9.17, 15) is 4.79 Å². The van der Waals surface area contributed by atoms with Crippen LogP contribution in [-0.2, 0) is 4.79 Å². The zero-order valence-corrected chi connectivity index (χ0v) is 7.16. The fraction of sp³-hybridized carbons (Fsp3) is 0.333. The molecule has 1 unspecified atom stereocenters. The molecule has 1 aromatic heterocycles. The summed E-state index contributed by atoms with van der Waals surface area (Å²) in [5.41, 5.74) is 1.12. The number of pyridine rings is 1. The molecule has 2 atom stereocenters. The van der Waals surface area contributed by atoms with Crippen LogP contribution in [0.2, 0.25) is 0 Å². The molecule has 1 fully saturated rings. The molecular weight excluding hydrogens is 174 g/mol. The van der Waals surface area contributed by atoms with Crippen LogP contribution in [0, 0.1) is 5.92 Å². The van der Waals surface area contributed by atoms with E-state index in [-0.39, 0.29) is 11.2 Å². The summed E-state index contributed by atoms with van der Waals surface area (Å²) in [6, 6.07) is 3.86. The van der Waals surface area contributed by atoms with E-state index in [1.807, 2.05) is 12.1 Å². The van der Waals surface area contributed by atoms with Gasteiger partial charge in [0.1, 0.15) is 0 Å². The maximum Gasteiger partial charge on any atom is 0.225 e. The summed E-state index contributed by atoms with van der Waals surface area (Å²) in [5.74, 6) is 0.361. The van der Waals surface area contributed by atoms with Crippen LogP contribution in [0.5, 0.6) is 0 Å². The first-order chi connectivity index (χ1) is 5.79. The first-order valence-corrected chi connectivity index (χ1v) is 4.26. The van der Waals surface area contributed by atoms with Crippen molar-refractivity contribution < 1.29 is 4.79 Å². The highest BCUT2D eigenvalue weighted by Crippen LogP contribution is 2.48. The summed E-state index contributed by atoms with van der Waals surface area (Å²) in [7, 11) is 0. The van der Waals surface area contributed by atoms with Crippen molar-refractivity contribution in [3.63, 3.8) is 0 Å². The van der Waals surface area contributed by atoms with Gasteiger partial charge in [0.2, 0.25) is 5.24 Å². The lowest BCUT2D eigenvalue weighted by Crippen LogP contribution is -1.91. The van der Waals surface area contributed by atoms with E-state index in [1.54, 1.807) is 12.4 Å². The molecule has 1 aliphatic rings. The van der Waals surface area contributed by atoms with Gasteiger partial charge in [0.05, 0.1) is 0 Å². The van der Waals surface area contributed by atoms with Crippen LogP contribution < -0.4 is 0 Å². The molecule has 1 heterocycles. The molecule has 3 heteroatoms. The summed E-state index contributed by atoms with van der Waals surface area (Å²) in [6.45, 7) is 0. The average Bonchev–Trinajstić information content (AvgIpc) is 2.84. The van der Waals surface area contributed by atoms with Crippen LogP contribution in [0.15, 0.2) is 24.5 Å². The summed E-state index contributed by atoms with van der Waals surface area (Å²) < 4.78 is 0. The smallest absolute Gasteiger partial charge is 0.225 e. The lowest BCUT2D eigenvalue weighted by Gasteiger charge is -1.94. The number of carbonyl (C=O) groups excluding carboxylic acids is 1. The number of rotatable bonds is 2. The number of hydrogen-bond acceptors (Lipinski definition) is 2. The zero-order valence-electron chi connectivity index (χ0n) is 6.40. The maximum atomic E-state index is 10.7. The molecule has 2 nitrogen and oxygen atoms in total. The molecule has 1 saturated carbocycles. The largest absolute Gasteiger partial charge is 0.281 e. The molecule has 12 heavy (non-hydrogen) atoms. The number of halogens is 1. The van der Waals surface area contributed by atoms with E-state index in [2.05, 4.69) is 4.98 Å². The minimum Gasteiger partial charge on any atom is -0.281 e. The minimum atomic E-state index is -0.219. The minimum absolute atomic E-state index is 0.0378. The normalized spacial score (nSPS) is 26.8. The summed E-state index contributed by atoms with van der Waals surface area (Å²) in [6.07, 6.45) is 4.40. The van der Waals surface area contributed by atoms with Crippen molar-refractivity contribution in [2.45, 2.75) is 12.3 Å². The van der Waals surface area contributed by atoms with Crippen molar-refractivity contribution >= 4 is 16.8 Å². The van der Waals surface area contributed by atoms with Crippen molar-refractivity contribution in [1.29, 1.82) is 0 Å². The Morgan fingerprint density at radius 2 is 2.50 bits per heavy atom. The van der Waals surface area contributed by atoms with E-state index < -0.39 is 0 Å². The molecule has 2 rings (SSSR count).